The summed E-state index contributed by atoms with van der Waals surface area (Å²) in [7, 11) is 0. The average Bonchev–Trinajstić information content (AvgIpc) is 2.86. The van der Waals surface area contributed by atoms with Crippen LogP contribution < -0.4 is 9.64 Å². The summed E-state index contributed by atoms with van der Waals surface area (Å²) in [5.41, 5.74) is 0.868. The number of benzene rings is 2. The molecule has 0 saturated carbocycles. The zero-order chi connectivity index (χ0) is 27.2. The van der Waals surface area contributed by atoms with Gasteiger partial charge in [0.2, 0.25) is 0 Å². The van der Waals surface area contributed by atoms with Crippen LogP contribution in [0.2, 0.25) is 0 Å². The first kappa shape index (κ1) is 28.5. The van der Waals surface area contributed by atoms with Gasteiger partial charge in [-0.2, -0.15) is 30.7 Å². The zero-order valence-corrected chi connectivity index (χ0v) is 19.7. The lowest BCUT2D eigenvalue weighted by molar-refractivity contribution is -0.253. The number of piperidine rings is 1. The number of nitrogens with zero attached hydrogens (tertiary/aromatic N) is 2. The maximum absolute atomic E-state index is 13.2. The molecule has 37 heavy (non-hydrogen) atoms. The van der Waals surface area contributed by atoms with Crippen LogP contribution in [-0.4, -0.2) is 66.9 Å². The van der Waals surface area contributed by atoms with Gasteiger partial charge in [0.1, 0.15) is 5.75 Å². The smallest absolute Gasteiger partial charge is 0.428 e. The van der Waals surface area contributed by atoms with Crippen LogP contribution in [0.25, 0.3) is 0 Å². The van der Waals surface area contributed by atoms with Gasteiger partial charge in [-0.15, -0.1) is 0 Å². The van der Waals surface area contributed by atoms with E-state index in [0.717, 1.165) is 31.4 Å². The predicted molar refractivity (Wildman–Crippen MR) is 122 cm³/mol. The second-order valence-corrected chi connectivity index (χ2v) is 8.77. The lowest BCUT2D eigenvalue weighted by Gasteiger charge is -2.30. The molecule has 1 aliphatic heterocycles. The molecule has 2 aromatic carbocycles. The Morgan fingerprint density at radius 3 is 2.32 bits per heavy atom. The molecule has 0 aromatic heterocycles. The molecule has 0 aliphatic carbocycles. The number of carbonyl (C=O) groups is 1. The van der Waals surface area contributed by atoms with Crippen molar-refractivity contribution in [1.82, 2.24) is 4.90 Å². The number of alkyl halides is 7. The number of aliphatic hydroxyl groups excluding tert-OH is 1. The van der Waals surface area contributed by atoms with E-state index in [9.17, 15) is 40.6 Å². The molecule has 1 aliphatic rings. The highest BCUT2D eigenvalue weighted by Gasteiger charge is 2.44. The molecule has 5 nitrogen and oxygen atoms in total. The van der Waals surface area contributed by atoms with Crippen LogP contribution in [0, 0.1) is 0 Å². The monoisotopic (exact) mass is 536 g/mol. The van der Waals surface area contributed by atoms with Crippen LogP contribution >= 0.6 is 0 Å². The van der Waals surface area contributed by atoms with Crippen LogP contribution in [0.4, 0.5) is 36.4 Å². The SMILES string of the molecule is O=C(c1cccc(N(CCc2cccc(OC(F)(F)C(F)F)c2)CC(O)C(F)(F)F)c1)N1CCCCC1. The van der Waals surface area contributed by atoms with Crippen molar-refractivity contribution in [3.63, 3.8) is 0 Å². The number of amides is 1. The molecule has 12 heteroatoms. The Morgan fingerprint density at radius 1 is 1.00 bits per heavy atom. The summed E-state index contributed by atoms with van der Waals surface area (Å²) in [5.74, 6) is -0.776. The van der Waals surface area contributed by atoms with E-state index >= 15 is 0 Å². The van der Waals surface area contributed by atoms with E-state index in [1.807, 2.05) is 0 Å². The number of hydrogen-bond acceptors (Lipinski definition) is 4. The molecule has 0 spiro atoms. The minimum atomic E-state index is -4.89. The number of aliphatic hydroxyl groups is 1. The van der Waals surface area contributed by atoms with Crippen molar-refractivity contribution in [1.29, 1.82) is 0 Å². The number of likely N-dealkylation sites (tertiary alicyclic amines) is 1. The van der Waals surface area contributed by atoms with Gasteiger partial charge < -0.3 is 19.6 Å². The van der Waals surface area contributed by atoms with Gasteiger partial charge in [-0.3, -0.25) is 4.79 Å². The molecule has 1 heterocycles. The molecule has 1 N–H and O–H groups in total. The van der Waals surface area contributed by atoms with E-state index in [1.54, 1.807) is 11.0 Å². The van der Waals surface area contributed by atoms with Gasteiger partial charge in [0, 0.05) is 30.9 Å². The quantitative estimate of drug-likeness (QED) is 0.407. The van der Waals surface area contributed by atoms with E-state index in [0.29, 0.717) is 18.7 Å². The van der Waals surface area contributed by atoms with Gasteiger partial charge in [0.05, 0.1) is 6.54 Å². The Balaban J connectivity index is 1.80. The van der Waals surface area contributed by atoms with Crippen molar-refractivity contribution in [2.75, 3.05) is 31.1 Å². The molecule has 204 valence electrons. The Kier molecular flexibility index (Phi) is 9.27. The topological polar surface area (TPSA) is 53.0 Å². The number of hydrogen-bond donors (Lipinski definition) is 1. The first-order valence-corrected chi connectivity index (χ1v) is 11.7. The van der Waals surface area contributed by atoms with Crippen LogP contribution in [0.15, 0.2) is 48.5 Å². The lowest BCUT2D eigenvalue weighted by atomic mass is 10.1. The largest absolute Gasteiger partial charge is 0.461 e. The standard InChI is InChI=1S/C25H27F7N2O3/c26-23(27)25(31,32)37-20-9-4-6-17(14-20)10-13-34(16-21(35)24(28,29)30)19-8-5-7-18(15-19)22(36)33-11-2-1-3-12-33/h4-9,14-15,21,23,35H,1-3,10-13,16H2. The fourth-order valence-electron chi connectivity index (χ4n) is 3.98. The van der Waals surface area contributed by atoms with Crippen LogP contribution in [0.1, 0.15) is 35.2 Å². The second kappa shape index (κ2) is 12.0. The van der Waals surface area contributed by atoms with E-state index in [-0.39, 0.29) is 30.1 Å². The second-order valence-electron chi connectivity index (χ2n) is 8.77. The molecule has 1 unspecified atom stereocenters. The maximum Gasteiger partial charge on any atom is 0.461 e. The molecule has 1 fully saturated rings. The van der Waals surface area contributed by atoms with E-state index in [1.165, 1.54) is 35.2 Å². The van der Waals surface area contributed by atoms with E-state index in [4.69, 9.17) is 0 Å². The van der Waals surface area contributed by atoms with Crippen molar-refractivity contribution in [3.8, 4) is 5.75 Å². The van der Waals surface area contributed by atoms with Crippen LogP contribution in [-0.2, 0) is 6.42 Å². The fourth-order valence-corrected chi connectivity index (χ4v) is 3.98. The molecule has 3 rings (SSSR count). The van der Waals surface area contributed by atoms with Gasteiger partial charge in [-0.1, -0.05) is 18.2 Å². The third-order valence-electron chi connectivity index (χ3n) is 5.95. The van der Waals surface area contributed by atoms with E-state index < -0.39 is 37.1 Å². The number of rotatable bonds is 10. The molecule has 0 bridgehead atoms. The normalized spacial score (nSPS) is 15.5. The highest BCUT2D eigenvalue weighted by molar-refractivity contribution is 5.95. The third kappa shape index (κ3) is 7.98. The highest BCUT2D eigenvalue weighted by Crippen LogP contribution is 2.29. The minimum absolute atomic E-state index is 0.00628. The first-order valence-electron chi connectivity index (χ1n) is 11.7. The summed E-state index contributed by atoms with van der Waals surface area (Å²) < 4.78 is 94.8. The summed E-state index contributed by atoms with van der Waals surface area (Å²) >= 11 is 0. The summed E-state index contributed by atoms with van der Waals surface area (Å²) in [4.78, 5) is 15.8. The van der Waals surface area contributed by atoms with Gasteiger partial charge in [-0.05, 0) is 61.6 Å². The molecule has 2 aromatic rings. The third-order valence-corrected chi connectivity index (χ3v) is 5.95. The van der Waals surface area contributed by atoms with E-state index in [2.05, 4.69) is 4.74 Å². The maximum atomic E-state index is 13.2. The molecule has 1 amide bonds. The van der Waals surface area contributed by atoms with Crippen molar-refractivity contribution in [3.05, 3.63) is 59.7 Å². The molecule has 0 radical (unpaired) electrons. The van der Waals surface area contributed by atoms with Crippen molar-refractivity contribution in [2.24, 2.45) is 0 Å². The Morgan fingerprint density at radius 2 is 1.68 bits per heavy atom. The van der Waals surface area contributed by atoms with Gasteiger partial charge >= 0.3 is 18.7 Å². The van der Waals surface area contributed by atoms with Crippen molar-refractivity contribution in [2.45, 2.75) is 50.5 Å². The number of carbonyl (C=O) groups excluding carboxylic acids is 1. The average molecular weight is 536 g/mol. The summed E-state index contributed by atoms with van der Waals surface area (Å²) in [6, 6.07) is 10.9. The zero-order valence-electron chi connectivity index (χ0n) is 19.7. The lowest BCUT2D eigenvalue weighted by Crippen LogP contribution is -2.42. The van der Waals surface area contributed by atoms with Gasteiger partial charge in [0.25, 0.3) is 5.91 Å². The van der Waals surface area contributed by atoms with Crippen LogP contribution in [0.3, 0.4) is 0 Å². The Labute approximate surface area is 209 Å². The number of ether oxygens (including phenoxy) is 1. The van der Waals surface area contributed by atoms with Gasteiger partial charge in [-0.25, -0.2) is 0 Å². The summed E-state index contributed by atoms with van der Waals surface area (Å²) in [6.07, 6.45) is -13.6. The predicted octanol–water partition coefficient (Wildman–Crippen LogP) is 5.52. The molecular weight excluding hydrogens is 509 g/mol. The summed E-state index contributed by atoms with van der Waals surface area (Å²) in [6.45, 7) is 0.221. The van der Waals surface area contributed by atoms with Crippen LogP contribution in [0.5, 0.6) is 5.75 Å². The summed E-state index contributed by atoms with van der Waals surface area (Å²) in [5, 5.41) is 9.70. The molecule has 1 atom stereocenters. The molecular formula is C25H27F7N2O3. The Hall–Kier alpha value is -3.02. The number of anilines is 1. The first-order chi connectivity index (χ1) is 17.4. The Bertz CT molecular complexity index is 1040. The molecule has 1 saturated heterocycles. The van der Waals surface area contributed by atoms with Crippen molar-refractivity contribution >= 4 is 11.6 Å². The fraction of sp³-hybridized carbons (Fsp3) is 0.480. The highest BCUT2D eigenvalue weighted by atomic mass is 19.4. The minimum Gasteiger partial charge on any atom is -0.428 e. The van der Waals surface area contributed by atoms with Gasteiger partial charge in [0.15, 0.2) is 6.10 Å². The number of halogens is 7. The van der Waals surface area contributed by atoms with Crippen molar-refractivity contribution < 1.29 is 45.4 Å².